The van der Waals surface area contributed by atoms with Crippen molar-refractivity contribution in [3.8, 4) is 0 Å². The summed E-state index contributed by atoms with van der Waals surface area (Å²) in [7, 11) is 1.41. The van der Waals surface area contributed by atoms with Crippen LogP contribution >= 0.6 is 0 Å². The molecule has 5 heteroatoms. The number of carboxylic acids is 1. The number of nitrogens with one attached hydrogen (secondary N) is 1. The molecule has 0 bridgehead atoms. The van der Waals surface area contributed by atoms with Crippen LogP contribution in [0.25, 0.3) is 10.8 Å². The first-order valence-electron chi connectivity index (χ1n) is 7.45. The number of amides is 1. The lowest BCUT2D eigenvalue weighted by Gasteiger charge is -2.25. The highest BCUT2D eigenvalue weighted by Gasteiger charge is 2.34. The lowest BCUT2D eigenvalue weighted by molar-refractivity contribution is -0.149. The van der Waals surface area contributed by atoms with Crippen molar-refractivity contribution >= 4 is 22.6 Å². The number of carbonyl (C=O) groups excluding carboxylic acids is 1. The second-order valence-electron chi connectivity index (χ2n) is 5.80. The number of methoxy groups -OCH3 is 1. The number of fused-ring (bicyclic) bond motifs is 1. The highest BCUT2D eigenvalue weighted by molar-refractivity contribution is 5.87. The molecule has 0 aromatic heterocycles. The minimum absolute atomic E-state index is 0.0793. The number of ether oxygens (including phenoxy) is 1. The van der Waals surface area contributed by atoms with Crippen molar-refractivity contribution in [2.45, 2.75) is 25.3 Å². The number of aliphatic carboxylic acids is 1. The van der Waals surface area contributed by atoms with E-state index in [4.69, 9.17) is 4.74 Å². The summed E-state index contributed by atoms with van der Waals surface area (Å²) in [6.07, 6.45) is 0.782. The summed E-state index contributed by atoms with van der Waals surface area (Å²) in [6, 6.07) is 14.1. The van der Waals surface area contributed by atoms with Gasteiger partial charge in [0, 0.05) is 13.5 Å². The maximum atomic E-state index is 12.0. The molecule has 0 spiro atoms. The molecule has 1 amide bonds. The van der Waals surface area contributed by atoms with Crippen molar-refractivity contribution in [3.05, 3.63) is 48.0 Å². The Morgan fingerprint density at radius 2 is 1.87 bits per heavy atom. The zero-order chi connectivity index (χ0) is 16.9. The highest BCUT2D eigenvalue weighted by Crippen LogP contribution is 2.16. The second-order valence-corrected chi connectivity index (χ2v) is 5.80. The van der Waals surface area contributed by atoms with E-state index in [9.17, 15) is 14.7 Å². The summed E-state index contributed by atoms with van der Waals surface area (Å²) in [5, 5.41) is 14.0. The topological polar surface area (TPSA) is 75.6 Å². The predicted molar refractivity (Wildman–Crippen MR) is 88.3 cm³/mol. The Balaban J connectivity index is 1.98. The lowest BCUT2D eigenvalue weighted by atomic mass is 10.0. The molecule has 0 saturated heterocycles. The summed E-state index contributed by atoms with van der Waals surface area (Å²) in [6.45, 7) is 1.36. The Bertz CT molecular complexity index is 713. The molecule has 23 heavy (non-hydrogen) atoms. The van der Waals surface area contributed by atoms with Gasteiger partial charge >= 0.3 is 5.97 Å². The van der Waals surface area contributed by atoms with Crippen LogP contribution < -0.4 is 5.32 Å². The number of hydrogen-bond donors (Lipinski definition) is 2. The standard InChI is InChI=1S/C18H21NO4/c1-18(12-23-2,17(21)22)19-16(20)10-8-13-7-9-14-5-3-4-6-15(14)11-13/h3-7,9,11H,8,10,12H2,1-2H3,(H,19,20)(H,21,22). The monoisotopic (exact) mass is 315 g/mol. The third-order valence-electron chi connectivity index (χ3n) is 3.77. The van der Waals surface area contributed by atoms with E-state index in [1.165, 1.54) is 14.0 Å². The molecule has 2 aromatic carbocycles. The van der Waals surface area contributed by atoms with E-state index >= 15 is 0 Å². The van der Waals surface area contributed by atoms with E-state index in [-0.39, 0.29) is 18.9 Å². The molecule has 5 nitrogen and oxygen atoms in total. The molecule has 0 aliphatic carbocycles. The highest BCUT2D eigenvalue weighted by atomic mass is 16.5. The molecule has 0 fully saturated rings. The quantitative estimate of drug-likeness (QED) is 0.822. The summed E-state index contributed by atoms with van der Waals surface area (Å²) < 4.78 is 4.88. The fraction of sp³-hybridized carbons (Fsp3) is 0.333. The predicted octanol–water partition coefficient (Wildman–Crippen LogP) is 2.38. The minimum Gasteiger partial charge on any atom is -0.479 e. The fourth-order valence-electron chi connectivity index (χ4n) is 2.46. The first-order valence-corrected chi connectivity index (χ1v) is 7.45. The van der Waals surface area contributed by atoms with Gasteiger partial charge in [0.25, 0.3) is 0 Å². The summed E-state index contributed by atoms with van der Waals surface area (Å²) in [5.74, 6) is -1.42. The van der Waals surface area contributed by atoms with Crippen molar-refractivity contribution in [1.82, 2.24) is 5.32 Å². The Kier molecular flexibility index (Phi) is 5.34. The van der Waals surface area contributed by atoms with Gasteiger partial charge in [-0.3, -0.25) is 4.79 Å². The molecule has 2 aromatic rings. The van der Waals surface area contributed by atoms with Gasteiger partial charge in [-0.15, -0.1) is 0 Å². The van der Waals surface area contributed by atoms with Crippen molar-refractivity contribution in [1.29, 1.82) is 0 Å². The van der Waals surface area contributed by atoms with Crippen LogP contribution in [-0.2, 0) is 20.7 Å². The number of carboxylic acid groups (broad SMARTS) is 1. The number of carbonyl (C=O) groups is 2. The maximum Gasteiger partial charge on any atom is 0.331 e. The van der Waals surface area contributed by atoms with Gasteiger partial charge in [0.05, 0.1) is 6.61 Å². The Labute approximate surface area is 135 Å². The Morgan fingerprint density at radius 1 is 1.17 bits per heavy atom. The van der Waals surface area contributed by atoms with E-state index in [2.05, 4.69) is 5.32 Å². The van der Waals surface area contributed by atoms with Gasteiger partial charge < -0.3 is 15.2 Å². The van der Waals surface area contributed by atoms with Gasteiger partial charge in [-0.25, -0.2) is 4.79 Å². The zero-order valence-corrected chi connectivity index (χ0v) is 13.3. The van der Waals surface area contributed by atoms with Crippen molar-refractivity contribution < 1.29 is 19.4 Å². The van der Waals surface area contributed by atoms with Gasteiger partial charge in [0.15, 0.2) is 5.54 Å². The molecular weight excluding hydrogens is 294 g/mol. The summed E-state index contributed by atoms with van der Waals surface area (Å²) in [5.41, 5.74) is -0.363. The Hall–Kier alpha value is -2.40. The smallest absolute Gasteiger partial charge is 0.331 e. The van der Waals surface area contributed by atoms with Crippen LogP contribution in [0.3, 0.4) is 0 Å². The normalized spacial score (nSPS) is 13.5. The molecule has 0 heterocycles. The van der Waals surface area contributed by atoms with Gasteiger partial charge in [0.2, 0.25) is 5.91 Å². The van der Waals surface area contributed by atoms with Crippen LogP contribution in [0.15, 0.2) is 42.5 Å². The SMILES string of the molecule is COCC(C)(NC(=O)CCc1ccc2ccccc2c1)C(=O)O. The first kappa shape index (κ1) is 17.0. The van der Waals surface area contributed by atoms with Gasteiger partial charge in [-0.05, 0) is 29.7 Å². The molecule has 0 aliphatic heterocycles. The lowest BCUT2D eigenvalue weighted by Crippen LogP contribution is -2.55. The van der Waals surface area contributed by atoms with Crippen LogP contribution in [0, 0.1) is 0 Å². The average molecular weight is 315 g/mol. The fourth-order valence-corrected chi connectivity index (χ4v) is 2.46. The molecule has 2 N–H and O–H groups in total. The van der Waals surface area contributed by atoms with E-state index in [0.29, 0.717) is 6.42 Å². The third-order valence-corrected chi connectivity index (χ3v) is 3.77. The minimum atomic E-state index is -1.41. The van der Waals surface area contributed by atoms with Gasteiger partial charge in [-0.2, -0.15) is 0 Å². The van der Waals surface area contributed by atoms with Gasteiger partial charge in [0.1, 0.15) is 0 Å². The molecule has 0 saturated carbocycles. The first-order chi connectivity index (χ1) is 10.9. The van der Waals surface area contributed by atoms with Crippen LogP contribution in [0.1, 0.15) is 18.9 Å². The van der Waals surface area contributed by atoms with Crippen LogP contribution in [0.2, 0.25) is 0 Å². The summed E-state index contributed by atoms with van der Waals surface area (Å²) >= 11 is 0. The average Bonchev–Trinajstić information content (AvgIpc) is 2.52. The van der Waals surface area contributed by atoms with E-state index in [0.717, 1.165) is 16.3 Å². The van der Waals surface area contributed by atoms with E-state index < -0.39 is 11.5 Å². The van der Waals surface area contributed by atoms with Crippen LogP contribution in [0.4, 0.5) is 0 Å². The molecule has 0 radical (unpaired) electrons. The molecular formula is C18H21NO4. The molecule has 1 unspecified atom stereocenters. The largest absolute Gasteiger partial charge is 0.479 e. The summed E-state index contributed by atoms with van der Waals surface area (Å²) in [4.78, 5) is 23.3. The van der Waals surface area contributed by atoms with E-state index in [1.54, 1.807) is 0 Å². The van der Waals surface area contributed by atoms with Crippen LogP contribution in [0.5, 0.6) is 0 Å². The van der Waals surface area contributed by atoms with Gasteiger partial charge in [-0.1, -0.05) is 42.5 Å². The zero-order valence-electron chi connectivity index (χ0n) is 13.3. The van der Waals surface area contributed by atoms with Crippen molar-refractivity contribution in [2.75, 3.05) is 13.7 Å². The number of rotatable bonds is 7. The van der Waals surface area contributed by atoms with E-state index in [1.807, 2.05) is 42.5 Å². The molecule has 2 rings (SSSR count). The molecule has 0 aliphatic rings. The van der Waals surface area contributed by atoms with Crippen molar-refractivity contribution in [2.24, 2.45) is 0 Å². The second kappa shape index (κ2) is 7.24. The number of aryl methyl sites for hydroxylation is 1. The molecule has 122 valence electrons. The molecule has 1 atom stereocenters. The van der Waals surface area contributed by atoms with Crippen molar-refractivity contribution in [3.63, 3.8) is 0 Å². The Morgan fingerprint density at radius 3 is 2.52 bits per heavy atom. The van der Waals surface area contributed by atoms with Crippen LogP contribution in [-0.4, -0.2) is 36.2 Å². The third kappa shape index (κ3) is 4.29. The number of hydrogen-bond acceptors (Lipinski definition) is 3. The maximum absolute atomic E-state index is 12.0. The number of benzene rings is 2.